The zero-order chi connectivity index (χ0) is 25.3. The number of fused-ring (bicyclic) bond motifs is 1. The summed E-state index contributed by atoms with van der Waals surface area (Å²) in [5, 5.41) is 1.81. The predicted molar refractivity (Wildman–Crippen MR) is 136 cm³/mol. The average molecular weight is 479 g/mol. The number of hydrogen-bond acceptors (Lipinski definition) is 6. The number of aldehydes is 1. The SMILES string of the molecule is CCC(CC(C)CCN1CCCC1=O)c1ccc2c(c1)OCO2.CCC=O.CCCN(C)OC. The van der Waals surface area contributed by atoms with Gasteiger partial charge >= 0.3 is 0 Å². The molecular formula is C27H46N2O5. The van der Waals surface area contributed by atoms with E-state index in [1.807, 2.05) is 24.9 Å². The normalized spacial score (nSPS) is 15.9. The number of nitrogens with zero attached hydrogens (tertiary/aromatic N) is 2. The molecule has 0 saturated carbocycles. The van der Waals surface area contributed by atoms with Crippen LogP contribution in [-0.4, -0.2) is 62.7 Å². The fraction of sp³-hybridized carbons (Fsp3) is 0.704. The lowest BCUT2D eigenvalue weighted by Gasteiger charge is -2.23. The van der Waals surface area contributed by atoms with E-state index < -0.39 is 0 Å². The average Bonchev–Trinajstić information content (AvgIpc) is 3.49. The monoisotopic (exact) mass is 478 g/mol. The molecule has 2 aliphatic rings. The summed E-state index contributed by atoms with van der Waals surface area (Å²) >= 11 is 0. The van der Waals surface area contributed by atoms with Gasteiger partial charge in [-0.2, -0.15) is 5.06 Å². The van der Waals surface area contributed by atoms with Crippen LogP contribution in [0.2, 0.25) is 0 Å². The minimum Gasteiger partial charge on any atom is -0.454 e. The van der Waals surface area contributed by atoms with Crippen molar-refractivity contribution in [1.29, 1.82) is 0 Å². The maximum Gasteiger partial charge on any atom is 0.231 e. The molecule has 0 aromatic heterocycles. The summed E-state index contributed by atoms with van der Waals surface area (Å²) in [4.78, 5) is 27.7. The van der Waals surface area contributed by atoms with Crippen LogP contribution in [0, 0.1) is 5.92 Å². The molecule has 1 amide bonds. The van der Waals surface area contributed by atoms with Crippen LogP contribution in [0.3, 0.4) is 0 Å². The highest BCUT2D eigenvalue weighted by molar-refractivity contribution is 5.77. The summed E-state index contributed by atoms with van der Waals surface area (Å²) in [5.41, 5.74) is 1.33. The van der Waals surface area contributed by atoms with Gasteiger partial charge in [-0.05, 0) is 61.6 Å². The number of carbonyl (C=O) groups is 2. The van der Waals surface area contributed by atoms with Crippen molar-refractivity contribution < 1.29 is 23.9 Å². The topological polar surface area (TPSA) is 68.3 Å². The van der Waals surface area contributed by atoms with E-state index in [1.165, 1.54) is 5.56 Å². The van der Waals surface area contributed by atoms with Gasteiger partial charge in [0.2, 0.25) is 12.7 Å². The molecule has 194 valence electrons. The van der Waals surface area contributed by atoms with Crippen LogP contribution in [-0.2, 0) is 14.4 Å². The molecule has 1 aromatic rings. The van der Waals surface area contributed by atoms with Crippen molar-refractivity contribution in [2.75, 3.05) is 40.6 Å². The molecule has 0 aliphatic carbocycles. The molecule has 2 atom stereocenters. The zero-order valence-corrected chi connectivity index (χ0v) is 22.2. The summed E-state index contributed by atoms with van der Waals surface area (Å²) in [6.07, 6.45) is 7.78. The molecule has 2 unspecified atom stereocenters. The van der Waals surface area contributed by atoms with E-state index in [4.69, 9.17) is 14.3 Å². The Morgan fingerprint density at radius 3 is 2.44 bits per heavy atom. The summed E-state index contributed by atoms with van der Waals surface area (Å²) in [5.74, 6) is 3.20. The van der Waals surface area contributed by atoms with Crippen LogP contribution in [0.15, 0.2) is 18.2 Å². The lowest BCUT2D eigenvalue weighted by Crippen LogP contribution is -2.27. The fourth-order valence-electron chi connectivity index (χ4n) is 4.03. The van der Waals surface area contributed by atoms with Crippen LogP contribution in [0.5, 0.6) is 11.5 Å². The Balaban J connectivity index is 0.000000441. The maximum absolute atomic E-state index is 11.7. The highest BCUT2D eigenvalue weighted by Crippen LogP contribution is 2.37. The van der Waals surface area contributed by atoms with E-state index in [0.717, 1.165) is 75.9 Å². The van der Waals surface area contributed by atoms with E-state index >= 15 is 0 Å². The molecule has 0 spiro atoms. The van der Waals surface area contributed by atoms with E-state index in [-0.39, 0.29) is 0 Å². The second-order valence-corrected chi connectivity index (χ2v) is 8.94. The van der Waals surface area contributed by atoms with Crippen molar-refractivity contribution in [1.82, 2.24) is 9.96 Å². The third-order valence-electron chi connectivity index (χ3n) is 6.13. The minimum atomic E-state index is 0.329. The molecule has 1 aromatic carbocycles. The van der Waals surface area contributed by atoms with Gasteiger partial charge in [0.25, 0.3) is 0 Å². The summed E-state index contributed by atoms with van der Waals surface area (Å²) < 4.78 is 10.9. The van der Waals surface area contributed by atoms with E-state index in [9.17, 15) is 9.59 Å². The maximum atomic E-state index is 11.7. The van der Waals surface area contributed by atoms with Crippen molar-refractivity contribution in [3.05, 3.63) is 23.8 Å². The largest absolute Gasteiger partial charge is 0.454 e. The first-order valence-corrected chi connectivity index (χ1v) is 12.8. The van der Waals surface area contributed by atoms with Crippen molar-refractivity contribution >= 4 is 12.2 Å². The van der Waals surface area contributed by atoms with Crippen molar-refractivity contribution in [2.45, 2.75) is 78.6 Å². The molecule has 7 nitrogen and oxygen atoms in total. The number of likely N-dealkylation sites (tertiary alicyclic amines) is 1. The van der Waals surface area contributed by atoms with Gasteiger partial charge in [0.15, 0.2) is 11.5 Å². The smallest absolute Gasteiger partial charge is 0.231 e. The van der Waals surface area contributed by atoms with Gasteiger partial charge in [0.1, 0.15) is 6.29 Å². The Bertz CT molecular complexity index is 712. The van der Waals surface area contributed by atoms with Gasteiger partial charge in [-0.25, -0.2) is 0 Å². The predicted octanol–water partition coefficient (Wildman–Crippen LogP) is 5.43. The molecular weight excluding hydrogens is 432 g/mol. The van der Waals surface area contributed by atoms with Gasteiger partial charge in [0, 0.05) is 39.5 Å². The summed E-state index contributed by atoms with van der Waals surface area (Å²) in [6, 6.07) is 6.32. The Hall–Kier alpha value is -2.12. The van der Waals surface area contributed by atoms with Crippen molar-refractivity contribution in [2.24, 2.45) is 5.92 Å². The Labute approximate surface area is 206 Å². The molecule has 34 heavy (non-hydrogen) atoms. The molecule has 1 saturated heterocycles. The van der Waals surface area contributed by atoms with Crippen LogP contribution in [0.25, 0.3) is 0 Å². The van der Waals surface area contributed by atoms with Crippen LogP contribution in [0.4, 0.5) is 0 Å². The Kier molecular flexibility index (Phi) is 15.3. The summed E-state index contributed by atoms with van der Waals surface area (Å²) in [6.45, 7) is 11.7. The number of rotatable bonds is 11. The van der Waals surface area contributed by atoms with Crippen LogP contribution < -0.4 is 9.47 Å². The number of carbonyl (C=O) groups excluding carboxylic acids is 2. The number of ether oxygens (including phenoxy) is 2. The highest BCUT2D eigenvalue weighted by atomic mass is 16.7. The molecule has 3 rings (SSSR count). The number of amides is 1. The third-order valence-corrected chi connectivity index (χ3v) is 6.13. The Morgan fingerprint density at radius 2 is 1.91 bits per heavy atom. The van der Waals surface area contributed by atoms with Crippen LogP contribution in [0.1, 0.15) is 84.1 Å². The van der Waals surface area contributed by atoms with Gasteiger partial charge in [-0.3, -0.25) is 4.79 Å². The minimum absolute atomic E-state index is 0.329. The molecule has 2 aliphatic heterocycles. The van der Waals surface area contributed by atoms with E-state index in [1.54, 1.807) is 12.2 Å². The first-order chi connectivity index (χ1) is 16.4. The number of benzene rings is 1. The summed E-state index contributed by atoms with van der Waals surface area (Å²) in [7, 11) is 3.60. The number of hydroxylamine groups is 2. The second-order valence-electron chi connectivity index (χ2n) is 8.94. The highest BCUT2D eigenvalue weighted by Gasteiger charge is 2.22. The van der Waals surface area contributed by atoms with E-state index in [0.29, 0.717) is 31.0 Å². The zero-order valence-electron chi connectivity index (χ0n) is 22.2. The van der Waals surface area contributed by atoms with Gasteiger partial charge in [0.05, 0.1) is 7.11 Å². The molecule has 2 heterocycles. The Morgan fingerprint density at radius 1 is 1.21 bits per heavy atom. The lowest BCUT2D eigenvalue weighted by atomic mass is 9.86. The molecule has 0 radical (unpaired) electrons. The van der Waals surface area contributed by atoms with Crippen LogP contribution >= 0.6 is 0 Å². The molecule has 7 heteroatoms. The number of hydrogen-bond donors (Lipinski definition) is 0. The third kappa shape index (κ3) is 10.9. The standard InChI is InChI=1S/C19H27NO3.C5H13NO.C3H6O/c1-3-15(16-6-7-17-18(12-16)23-13-22-17)11-14(2)8-10-20-9-4-5-19(20)21;1-4-5-6(2)7-3;1-2-3-4/h6-7,12,14-15H,3-5,8-11,13H2,1-2H3;4-5H2,1-3H3;3H,2H2,1H3. The van der Waals surface area contributed by atoms with E-state index in [2.05, 4.69) is 32.9 Å². The lowest BCUT2D eigenvalue weighted by molar-refractivity contribution is -0.127. The quantitative estimate of drug-likeness (QED) is 0.312. The second kappa shape index (κ2) is 17.3. The molecule has 0 bridgehead atoms. The first-order valence-electron chi connectivity index (χ1n) is 12.8. The first kappa shape index (κ1) is 29.9. The fourth-order valence-corrected chi connectivity index (χ4v) is 4.03. The van der Waals surface area contributed by atoms with Crippen molar-refractivity contribution in [3.63, 3.8) is 0 Å². The molecule has 0 N–H and O–H groups in total. The van der Waals surface area contributed by atoms with Gasteiger partial charge in [-0.15, -0.1) is 0 Å². The van der Waals surface area contributed by atoms with Gasteiger partial charge in [-0.1, -0.05) is 33.8 Å². The van der Waals surface area contributed by atoms with Gasteiger partial charge < -0.3 is 24.0 Å². The molecule has 1 fully saturated rings. The van der Waals surface area contributed by atoms with Crippen molar-refractivity contribution in [3.8, 4) is 11.5 Å².